The molecule has 1 fully saturated rings. The van der Waals surface area contributed by atoms with Crippen molar-refractivity contribution in [2.24, 2.45) is 10.3 Å². The van der Waals surface area contributed by atoms with E-state index in [0.29, 0.717) is 11.4 Å². The van der Waals surface area contributed by atoms with Crippen molar-refractivity contribution in [2.75, 3.05) is 23.9 Å². The Morgan fingerprint density at radius 1 is 1.17 bits per heavy atom. The first-order chi connectivity index (χ1) is 14.4. The molecule has 3 amide bonds. The molecule has 154 valence electrons. The van der Waals surface area contributed by atoms with Crippen LogP contribution >= 0.6 is 0 Å². The Bertz CT molecular complexity index is 1060. The number of methoxy groups -OCH3 is 1. The van der Waals surface area contributed by atoms with Gasteiger partial charge in [-0.1, -0.05) is 11.3 Å². The number of rotatable bonds is 5. The maximum atomic E-state index is 13.2. The highest BCUT2D eigenvalue weighted by atomic mass is 19.1. The third-order valence-corrected chi connectivity index (χ3v) is 4.88. The van der Waals surface area contributed by atoms with E-state index in [1.54, 1.807) is 12.1 Å². The van der Waals surface area contributed by atoms with Crippen molar-refractivity contribution in [3.05, 3.63) is 53.8 Å². The van der Waals surface area contributed by atoms with Gasteiger partial charge in [0.25, 0.3) is 11.8 Å². The monoisotopic (exact) mass is 411 g/mol. The highest BCUT2D eigenvalue weighted by Crippen LogP contribution is 2.32. The van der Waals surface area contributed by atoms with Gasteiger partial charge in [-0.15, -0.1) is 0 Å². The number of ether oxygens (including phenoxy) is 1. The predicted molar refractivity (Wildman–Crippen MR) is 104 cm³/mol. The van der Waals surface area contributed by atoms with Gasteiger partial charge in [0.2, 0.25) is 5.91 Å². The van der Waals surface area contributed by atoms with Crippen LogP contribution < -0.4 is 15.0 Å². The van der Waals surface area contributed by atoms with Crippen molar-refractivity contribution in [3.8, 4) is 5.75 Å². The molecule has 2 aliphatic heterocycles. The summed E-state index contributed by atoms with van der Waals surface area (Å²) in [4.78, 5) is 39.0. The van der Waals surface area contributed by atoms with E-state index < -0.39 is 35.6 Å². The number of carbonyl (C=O) groups excluding carboxylic acids is 3. The molecule has 4 rings (SSSR count). The normalized spacial score (nSPS) is 20.0. The van der Waals surface area contributed by atoms with E-state index in [2.05, 4.69) is 15.7 Å². The van der Waals surface area contributed by atoms with Gasteiger partial charge in [0, 0.05) is 0 Å². The van der Waals surface area contributed by atoms with E-state index in [0.717, 1.165) is 22.6 Å². The summed E-state index contributed by atoms with van der Waals surface area (Å²) >= 11 is 0. The van der Waals surface area contributed by atoms with Gasteiger partial charge >= 0.3 is 0 Å². The Morgan fingerprint density at radius 3 is 2.60 bits per heavy atom. The van der Waals surface area contributed by atoms with E-state index in [-0.39, 0.29) is 12.2 Å². The fourth-order valence-electron chi connectivity index (χ4n) is 3.45. The molecule has 0 spiro atoms. The van der Waals surface area contributed by atoms with E-state index in [4.69, 9.17) is 4.74 Å². The molecule has 1 saturated heterocycles. The molecule has 0 aromatic heterocycles. The highest BCUT2D eigenvalue weighted by Gasteiger charge is 2.55. The topological polar surface area (TPSA) is 104 Å². The van der Waals surface area contributed by atoms with Gasteiger partial charge in [0.05, 0.1) is 18.5 Å². The average molecular weight is 411 g/mol. The second kappa shape index (κ2) is 7.54. The van der Waals surface area contributed by atoms with Gasteiger partial charge in [0.1, 0.15) is 18.1 Å². The minimum Gasteiger partial charge on any atom is -0.495 e. The van der Waals surface area contributed by atoms with Crippen LogP contribution in [0.25, 0.3) is 0 Å². The van der Waals surface area contributed by atoms with Crippen molar-refractivity contribution in [2.45, 2.75) is 19.0 Å². The Labute approximate surface area is 171 Å². The molecule has 2 aromatic carbocycles. The van der Waals surface area contributed by atoms with Crippen LogP contribution in [-0.4, -0.2) is 48.5 Å². The number of anilines is 2. The molecule has 1 N–H and O–H groups in total. The fraction of sp³-hybridized carbons (Fsp3) is 0.250. The van der Waals surface area contributed by atoms with E-state index >= 15 is 0 Å². The Morgan fingerprint density at radius 2 is 1.90 bits per heavy atom. The second-order valence-corrected chi connectivity index (χ2v) is 6.93. The van der Waals surface area contributed by atoms with Crippen LogP contribution in [0, 0.1) is 12.7 Å². The van der Waals surface area contributed by atoms with Crippen LogP contribution in [0.5, 0.6) is 5.75 Å². The number of aryl methyl sites for hydroxylation is 1. The summed E-state index contributed by atoms with van der Waals surface area (Å²) in [6.07, 6.45) is 0. The molecule has 0 unspecified atom stereocenters. The minimum absolute atomic E-state index is 0.241. The van der Waals surface area contributed by atoms with Crippen LogP contribution in [0.3, 0.4) is 0 Å². The maximum Gasteiger partial charge on any atom is 0.263 e. The Kier molecular flexibility index (Phi) is 4.90. The summed E-state index contributed by atoms with van der Waals surface area (Å²) in [7, 11) is 1.49. The molecule has 30 heavy (non-hydrogen) atoms. The standard InChI is InChI=1S/C20H18FN5O4/c1-11-3-8-15(30-2)14(9-11)22-16(27)10-25-18-17(23-24-25)19(28)26(20(18)29)13-6-4-12(21)5-7-13/h3-9,17-18H,10H2,1-2H3,(H,22,27)/t17-,18+/m1/s1. The van der Waals surface area contributed by atoms with Crippen LogP contribution in [0.15, 0.2) is 52.8 Å². The predicted octanol–water partition coefficient (Wildman–Crippen LogP) is 2.07. The van der Waals surface area contributed by atoms with Gasteiger partial charge < -0.3 is 10.1 Å². The van der Waals surface area contributed by atoms with Gasteiger partial charge in [0.15, 0.2) is 12.1 Å². The summed E-state index contributed by atoms with van der Waals surface area (Å²) in [6.45, 7) is 1.60. The van der Waals surface area contributed by atoms with Gasteiger partial charge in [-0.2, -0.15) is 5.11 Å². The summed E-state index contributed by atoms with van der Waals surface area (Å²) in [5.41, 5.74) is 1.65. The lowest BCUT2D eigenvalue weighted by Crippen LogP contribution is -2.43. The number of hydrogen-bond acceptors (Lipinski definition) is 7. The van der Waals surface area contributed by atoms with E-state index in [9.17, 15) is 18.8 Å². The zero-order valence-corrected chi connectivity index (χ0v) is 16.2. The third-order valence-electron chi connectivity index (χ3n) is 4.88. The molecule has 2 aliphatic rings. The van der Waals surface area contributed by atoms with Crippen LogP contribution in [0.2, 0.25) is 0 Å². The molecule has 2 atom stereocenters. The summed E-state index contributed by atoms with van der Waals surface area (Å²) in [5, 5.41) is 11.6. The number of imide groups is 1. The molecule has 0 saturated carbocycles. The third kappa shape index (κ3) is 3.36. The van der Waals surface area contributed by atoms with Crippen molar-refractivity contribution in [3.63, 3.8) is 0 Å². The van der Waals surface area contributed by atoms with Crippen LogP contribution in [0.1, 0.15) is 5.56 Å². The number of amides is 3. The zero-order chi connectivity index (χ0) is 21.4. The molecule has 9 nitrogen and oxygen atoms in total. The number of nitrogens with zero attached hydrogens (tertiary/aromatic N) is 4. The van der Waals surface area contributed by atoms with Crippen molar-refractivity contribution < 1.29 is 23.5 Å². The average Bonchev–Trinajstić information content (AvgIpc) is 3.23. The number of benzene rings is 2. The molecule has 2 aromatic rings. The van der Waals surface area contributed by atoms with E-state index in [1.165, 1.54) is 24.3 Å². The molecule has 10 heteroatoms. The number of nitrogens with one attached hydrogen (secondary N) is 1. The summed E-state index contributed by atoms with van der Waals surface area (Å²) in [6, 6.07) is 8.27. The van der Waals surface area contributed by atoms with Crippen molar-refractivity contribution in [1.29, 1.82) is 0 Å². The van der Waals surface area contributed by atoms with Gasteiger partial charge in [-0.05, 0) is 48.9 Å². The lowest BCUT2D eigenvalue weighted by Gasteiger charge is -2.20. The first-order valence-corrected chi connectivity index (χ1v) is 9.14. The number of carbonyl (C=O) groups is 3. The fourth-order valence-corrected chi connectivity index (χ4v) is 3.45. The van der Waals surface area contributed by atoms with Gasteiger partial charge in [-0.3, -0.25) is 19.4 Å². The Balaban J connectivity index is 1.49. The van der Waals surface area contributed by atoms with Crippen molar-refractivity contribution in [1.82, 2.24) is 5.01 Å². The van der Waals surface area contributed by atoms with Crippen molar-refractivity contribution >= 4 is 29.1 Å². The summed E-state index contributed by atoms with van der Waals surface area (Å²) in [5.74, 6) is -1.57. The molecule has 0 radical (unpaired) electrons. The van der Waals surface area contributed by atoms with Gasteiger partial charge in [-0.25, -0.2) is 9.29 Å². The lowest BCUT2D eigenvalue weighted by molar-refractivity contribution is -0.123. The van der Waals surface area contributed by atoms with Crippen LogP contribution in [0.4, 0.5) is 15.8 Å². The highest BCUT2D eigenvalue weighted by molar-refractivity contribution is 6.25. The van der Waals surface area contributed by atoms with Crippen LogP contribution in [-0.2, 0) is 14.4 Å². The lowest BCUT2D eigenvalue weighted by atomic mass is 10.1. The largest absolute Gasteiger partial charge is 0.495 e. The molecular formula is C20H18FN5O4. The number of fused-ring (bicyclic) bond motifs is 1. The minimum atomic E-state index is -1.04. The smallest absolute Gasteiger partial charge is 0.263 e. The maximum absolute atomic E-state index is 13.2. The molecule has 2 heterocycles. The number of hydrogen-bond donors (Lipinski definition) is 1. The summed E-state index contributed by atoms with van der Waals surface area (Å²) < 4.78 is 18.4. The first-order valence-electron chi connectivity index (χ1n) is 9.14. The molecule has 0 bridgehead atoms. The van der Waals surface area contributed by atoms with E-state index in [1.807, 2.05) is 13.0 Å². The second-order valence-electron chi connectivity index (χ2n) is 6.93. The number of halogens is 1. The SMILES string of the molecule is COc1ccc(C)cc1NC(=O)CN1N=N[C@H]2C(=O)N(c3ccc(F)cc3)C(=O)[C@H]21. The quantitative estimate of drug-likeness (QED) is 0.759. The first kappa shape index (κ1) is 19.5. The zero-order valence-electron chi connectivity index (χ0n) is 16.2. The molecular weight excluding hydrogens is 393 g/mol. The Hall–Kier alpha value is -3.82. The molecule has 0 aliphatic carbocycles.